The van der Waals surface area contributed by atoms with Crippen LogP contribution in [0.25, 0.3) is 0 Å². The minimum Gasteiger partial charge on any atom is -0.368 e. The second-order valence-electron chi connectivity index (χ2n) is 9.79. The third-order valence-corrected chi connectivity index (χ3v) is 6.42. The summed E-state index contributed by atoms with van der Waals surface area (Å²) in [6.45, 7) is 12.1. The predicted octanol–water partition coefficient (Wildman–Crippen LogP) is 5.04. The summed E-state index contributed by atoms with van der Waals surface area (Å²) in [5, 5.41) is 4.95. The minimum absolute atomic E-state index is 0.00279. The van der Waals surface area contributed by atoms with Gasteiger partial charge >= 0.3 is 0 Å². The van der Waals surface area contributed by atoms with E-state index in [4.69, 9.17) is 0 Å². The Hall–Kier alpha value is -2.34. The van der Waals surface area contributed by atoms with Gasteiger partial charge in [0.2, 0.25) is 11.8 Å². The Balaban J connectivity index is 1.45. The molecule has 0 spiro atoms. The molecule has 1 unspecified atom stereocenters. The highest BCUT2D eigenvalue weighted by atomic mass is 32.1. The molecule has 1 aliphatic rings. The highest BCUT2D eigenvalue weighted by Crippen LogP contribution is 2.27. The van der Waals surface area contributed by atoms with Gasteiger partial charge in [0.15, 0.2) is 0 Å². The second kappa shape index (κ2) is 10.3. The van der Waals surface area contributed by atoms with E-state index in [-0.39, 0.29) is 17.2 Å². The van der Waals surface area contributed by atoms with Crippen molar-refractivity contribution in [2.24, 2.45) is 11.3 Å². The first-order valence-corrected chi connectivity index (χ1v) is 12.0. The first kappa shape index (κ1) is 23.3. The first-order chi connectivity index (χ1) is 14.7. The zero-order valence-electron chi connectivity index (χ0n) is 19.2. The summed E-state index contributed by atoms with van der Waals surface area (Å²) in [6.07, 6.45) is 2.11. The lowest BCUT2D eigenvalue weighted by Crippen LogP contribution is -2.49. The molecule has 0 saturated carbocycles. The van der Waals surface area contributed by atoms with E-state index in [1.807, 2.05) is 46.7 Å². The fraction of sp³-hybridized carbons (Fsp3) is 0.520. The van der Waals surface area contributed by atoms with Gasteiger partial charge in [0.25, 0.3) is 0 Å². The molecule has 2 aromatic rings. The van der Waals surface area contributed by atoms with Crippen LogP contribution in [0.4, 0.5) is 11.4 Å². The Morgan fingerprint density at radius 1 is 1.06 bits per heavy atom. The first-order valence-electron chi connectivity index (χ1n) is 11.1. The molecule has 1 aromatic carbocycles. The minimum atomic E-state index is 0.00279. The zero-order chi connectivity index (χ0) is 22.4. The lowest BCUT2D eigenvalue weighted by molar-refractivity contribution is -0.132. The van der Waals surface area contributed by atoms with Crippen molar-refractivity contribution in [1.82, 2.24) is 4.90 Å². The van der Waals surface area contributed by atoms with Crippen molar-refractivity contribution >= 4 is 34.5 Å². The van der Waals surface area contributed by atoms with Gasteiger partial charge in [0.05, 0.1) is 6.42 Å². The highest BCUT2D eigenvalue weighted by molar-refractivity contribution is 7.10. The third kappa shape index (κ3) is 7.39. The van der Waals surface area contributed by atoms with Crippen molar-refractivity contribution in [3.8, 4) is 0 Å². The van der Waals surface area contributed by atoms with Crippen LogP contribution in [0.2, 0.25) is 0 Å². The number of nitrogens with one attached hydrogen (secondary N) is 1. The van der Waals surface area contributed by atoms with Gasteiger partial charge < -0.3 is 15.1 Å². The molecular formula is C25H35N3O2S. The molecule has 0 aliphatic carbocycles. The molecule has 168 valence electrons. The van der Waals surface area contributed by atoms with Gasteiger partial charge in [-0.25, -0.2) is 0 Å². The van der Waals surface area contributed by atoms with Gasteiger partial charge in [0, 0.05) is 48.9 Å². The highest BCUT2D eigenvalue weighted by Gasteiger charge is 2.24. The number of anilines is 2. The molecule has 1 fully saturated rings. The molecule has 3 rings (SSSR count). The van der Waals surface area contributed by atoms with E-state index in [1.54, 1.807) is 11.3 Å². The number of carbonyl (C=O) groups is 2. The van der Waals surface area contributed by atoms with Crippen molar-refractivity contribution in [2.45, 2.75) is 47.0 Å². The van der Waals surface area contributed by atoms with Gasteiger partial charge in [-0.05, 0) is 53.5 Å². The molecule has 5 nitrogen and oxygen atoms in total. The standard InChI is InChI=1S/C25H35N3O2S/c1-19(18-25(2,3)4)16-24(30)28-13-11-27(12-14-28)21-9-7-20(8-10-21)26-23(29)17-22-6-5-15-31-22/h5-10,15,19H,11-14,16-18H2,1-4H3,(H,26,29). The topological polar surface area (TPSA) is 52.7 Å². The zero-order valence-corrected chi connectivity index (χ0v) is 20.0. The Morgan fingerprint density at radius 3 is 2.32 bits per heavy atom. The molecule has 1 aliphatic heterocycles. The maximum absolute atomic E-state index is 12.7. The van der Waals surface area contributed by atoms with E-state index >= 15 is 0 Å². The van der Waals surface area contributed by atoms with Crippen LogP contribution in [0.3, 0.4) is 0 Å². The van der Waals surface area contributed by atoms with Gasteiger partial charge in [-0.2, -0.15) is 0 Å². The molecule has 1 N–H and O–H groups in total. The van der Waals surface area contributed by atoms with Crippen LogP contribution in [-0.4, -0.2) is 42.9 Å². The summed E-state index contributed by atoms with van der Waals surface area (Å²) in [6, 6.07) is 11.9. The molecule has 2 heterocycles. The number of nitrogens with zero attached hydrogens (tertiary/aromatic N) is 2. The van der Waals surface area contributed by atoms with Crippen molar-refractivity contribution in [3.05, 3.63) is 46.7 Å². The maximum Gasteiger partial charge on any atom is 0.229 e. The SMILES string of the molecule is CC(CC(=O)N1CCN(c2ccc(NC(=O)Cc3cccs3)cc2)CC1)CC(C)(C)C. The second-order valence-corrected chi connectivity index (χ2v) is 10.8. The molecule has 1 saturated heterocycles. The van der Waals surface area contributed by atoms with Crippen LogP contribution in [-0.2, 0) is 16.0 Å². The number of carbonyl (C=O) groups excluding carboxylic acids is 2. The Kier molecular flexibility index (Phi) is 7.76. The molecular weight excluding hydrogens is 406 g/mol. The van der Waals surface area contributed by atoms with Crippen LogP contribution in [0.1, 0.15) is 45.4 Å². The van der Waals surface area contributed by atoms with Crippen molar-refractivity contribution < 1.29 is 9.59 Å². The summed E-state index contributed by atoms with van der Waals surface area (Å²) in [4.78, 5) is 30.2. The largest absolute Gasteiger partial charge is 0.368 e. The number of hydrogen-bond donors (Lipinski definition) is 1. The number of thiophene rings is 1. The summed E-state index contributed by atoms with van der Waals surface area (Å²) in [7, 11) is 0. The predicted molar refractivity (Wildman–Crippen MR) is 130 cm³/mol. The monoisotopic (exact) mass is 441 g/mol. The Labute approximate surface area is 190 Å². The van der Waals surface area contributed by atoms with E-state index in [1.165, 1.54) is 0 Å². The lowest BCUT2D eigenvalue weighted by Gasteiger charge is -2.37. The van der Waals surface area contributed by atoms with Crippen molar-refractivity contribution in [1.29, 1.82) is 0 Å². The quantitative estimate of drug-likeness (QED) is 0.655. The van der Waals surface area contributed by atoms with Crippen LogP contribution in [0.15, 0.2) is 41.8 Å². The van der Waals surface area contributed by atoms with Gasteiger partial charge in [-0.1, -0.05) is 33.8 Å². The number of rotatable bonds is 7. The van der Waals surface area contributed by atoms with E-state index < -0.39 is 0 Å². The van der Waals surface area contributed by atoms with E-state index in [0.717, 1.165) is 48.9 Å². The van der Waals surface area contributed by atoms with Crippen LogP contribution in [0, 0.1) is 11.3 Å². The maximum atomic E-state index is 12.7. The lowest BCUT2D eigenvalue weighted by atomic mass is 9.84. The molecule has 6 heteroatoms. The number of piperazine rings is 1. The van der Waals surface area contributed by atoms with Gasteiger partial charge in [0.1, 0.15) is 0 Å². The van der Waals surface area contributed by atoms with E-state index in [0.29, 0.717) is 18.8 Å². The fourth-order valence-electron chi connectivity index (χ4n) is 4.29. The summed E-state index contributed by atoms with van der Waals surface area (Å²) >= 11 is 1.59. The van der Waals surface area contributed by atoms with Gasteiger partial charge in [-0.3, -0.25) is 9.59 Å². The van der Waals surface area contributed by atoms with Crippen LogP contribution in [0.5, 0.6) is 0 Å². The third-order valence-electron chi connectivity index (χ3n) is 5.55. The van der Waals surface area contributed by atoms with Crippen LogP contribution >= 0.6 is 11.3 Å². The van der Waals surface area contributed by atoms with Crippen LogP contribution < -0.4 is 10.2 Å². The molecule has 1 atom stereocenters. The Bertz CT molecular complexity index is 848. The molecule has 31 heavy (non-hydrogen) atoms. The molecule has 2 amide bonds. The number of amides is 2. The van der Waals surface area contributed by atoms with E-state index in [2.05, 4.69) is 37.9 Å². The summed E-state index contributed by atoms with van der Waals surface area (Å²) in [5.41, 5.74) is 2.20. The smallest absolute Gasteiger partial charge is 0.229 e. The Morgan fingerprint density at radius 2 is 1.74 bits per heavy atom. The van der Waals surface area contributed by atoms with Gasteiger partial charge in [-0.15, -0.1) is 11.3 Å². The number of benzene rings is 1. The fourth-order valence-corrected chi connectivity index (χ4v) is 4.99. The summed E-state index contributed by atoms with van der Waals surface area (Å²) < 4.78 is 0. The molecule has 0 radical (unpaired) electrons. The average molecular weight is 442 g/mol. The normalized spacial score (nSPS) is 15.6. The molecule has 1 aromatic heterocycles. The molecule has 0 bridgehead atoms. The number of hydrogen-bond acceptors (Lipinski definition) is 4. The average Bonchev–Trinajstić information content (AvgIpc) is 3.20. The van der Waals surface area contributed by atoms with Crippen molar-refractivity contribution in [3.63, 3.8) is 0 Å². The summed E-state index contributed by atoms with van der Waals surface area (Å²) in [5.74, 6) is 0.691. The van der Waals surface area contributed by atoms with Crippen molar-refractivity contribution in [2.75, 3.05) is 36.4 Å². The van der Waals surface area contributed by atoms with E-state index in [9.17, 15) is 9.59 Å².